The molecule has 3 saturated heterocycles. The molecule has 0 saturated carbocycles. The molecule has 1 amide bonds. The van der Waals surface area contributed by atoms with Gasteiger partial charge in [0.15, 0.2) is 0 Å². The van der Waals surface area contributed by atoms with Crippen LogP contribution in [-0.4, -0.2) is 97.8 Å². The van der Waals surface area contributed by atoms with E-state index in [1.165, 1.54) is 12.8 Å². The molecule has 2 atom stereocenters. The number of morpholine rings is 1. The monoisotopic (exact) mass is 338 g/mol. The smallest absolute Gasteiger partial charge is 0.239 e. The Bertz CT molecular complexity index is 404. The van der Waals surface area contributed by atoms with Crippen molar-refractivity contribution in [3.8, 4) is 0 Å². The number of hydrogen-bond donors (Lipinski definition) is 1. The maximum absolute atomic E-state index is 12.6. The van der Waals surface area contributed by atoms with Gasteiger partial charge in [-0.2, -0.15) is 0 Å². The van der Waals surface area contributed by atoms with Crippen LogP contribution in [0.3, 0.4) is 0 Å². The first-order valence-corrected chi connectivity index (χ1v) is 9.73. The molecule has 0 aromatic rings. The molecule has 0 radical (unpaired) electrons. The highest BCUT2D eigenvalue weighted by Crippen LogP contribution is 2.14. The number of piperazine rings is 1. The van der Waals surface area contributed by atoms with Gasteiger partial charge in [0.1, 0.15) is 0 Å². The molecule has 0 aromatic heterocycles. The molecule has 6 nitrogen and oxygen atoms in total. The lowest BCUT2D eigenvalue weighted by molar-refractivity contribution is -0.136. The zero-order valence-electron chi connectivity index (χ0n) is 15.4. The van der Waals surface area contributed by atoms with Crippen LogP contribution in [0.25, 0.3) is 0 Å². The van der Waals surface area contributed by atoms with Crippen LogP contribution in [-0.2, 0) is 9.53 Å². The van der Waals surface area contributed by atoms with Gasteiger partial charge in [-0.15, -0.1) is 0 Å². The molecular formula is C18H34N4O2. The molecule has 138 valence electrons. The van der Waals surface area contributed by atoms with Gasteiger partial charge in [0.25, 0.3) is 0 Å². The average molecular weight is 338 g/mol. The van der Waals surface area contributed by atoms with E-state index in [1.807, 2.05) is 0 Å². The van der Waals surface area contributed by atoms with E-state index in [0.717, 1.165) is 65.4 Å². The summed E-state index contributed by atoms with van der Waals surface area (Å²) >= 11 is 0. The number of piperidine rings is 1. The topological polar surface area (TPSA) is 48.1 Å². The van der Waals surface area contributed by atoms with Crippen LogP contribution in [0.5, 0.6) is 0 Å². The van der Waals surface area contributed by atoms with Gasteiger partial charge < -0.3 is 15.0 Å². The Morgan fingerprint density at radius 3 is 2.62 bits per heavy atom. The Morgan fingerprint density at radius 2 is 1.96 bits per heavy atom. The van der Waals surface area contributed by atoms with Gasteiger partial charge in [-0.05, 0) is 33.2 Å². The highest BCUT2D eigenvalue weighted by molar-refractivity contribution is 5.82. The fourth-order valence-corrected chi connectivity index (χ4v) is 4.04. The Hall–Kier alpha value is -0.690. The molecule has 1 unspecified atom stereocenters. The van der Waals surface area contributed by atoms with Gasteiger partial charge in [0, 0.05) is 51.9 Å². The van der Waals surface area contributed by atoms with Crippen molar-refractivity contribution in [2.24, 2.45) is 0 Å². The van der Waals surface area contributed by atoms with Gasteiger partial charge in [0.05, 0.1) is 18.8 Å². The Balaban J connectivity index is 1.41. The Morgan fingerprint density at radius 1 is 1.17 bits per heavy atom. The lowest BCUT2D eigenvalue weighted by Gasteiger charge is -2.41. The molecule has 3 heterocycles. The van der Waals surface area contributed by atoms with Crippen LogP contribution in [0.1, 0.15) is 33.1 Å². The summed E-state index contributed by atoms with van der Waals surface area (Å²) in [6.07, 6.45) is 3.68. The zero-order chi connectivity index (χ0) is 16.9. The van der Waals surface area contributed by atoms with Gasteiger partial charge in [-0.25, -0.2) is 0 Å². The predicted molar refractivity (Wildman–Crippen MR) is 95.1 cm³/mol. The Kier molecular flexibility index (Phi) is 6.49. The molecule has 1 N–H and O–H groups in total. The first-order valence-electron chi connectivity index (χ1n) is 9.73. The fourth-order valence-electron chi connectivity index (χ4n) is 4.04. The number of nitrogens with one attached hydrogen (secondary N) is 1. The third-order valence-corrected chi connectivity index (χ3v) is 5.65. The van der Waals surface area contributed by atoms with E-state index in [9.17, 15) is 4.79 Å². The maximum atomic E-state index is 12.6. The van der Waals surface area contributed by atoms with E-state index in [0.29, 0.717) is 18.1 Å². The first-order chi connectivity index (χ1) is 11.6. The second-order valence-corrected chi connectivity index (χ2v) is 7.71. The van der Waals surface area contributed by atoms with Crippen molar-refractivity contribution < 1.29 is 9.53 Å². The van der Waals surface area contributed by atoms with Crippen LogP contribution in [0.15, 0.2) is 0 Å². The summed E-state index contributed by atoms with van der Waals surface area (Å²) in [6, 6.07) is 0.653. The number of nitrogens with zero attached hydrogens (tertiary/aromatic N) is 3. The molecule has 3 aliphatic rings. The van der Waals surface area contributed by atoms with Gasteiger partial charge in [-0.3, -0.25) is 14.6 Å². The summed E-state index contributed by atoms with van der Waals surface area (Å²) in [5, 5.41) is 3.38. The third kappa shape index (κ3) is 4.69. The average Bonchev–Trinajstić information content (AvgIpc) is 2.63. The SMILES string of the molecule is CC(C)N1CCOC(CN2CCN(C(=O)[C@H]3CCCCN3)CC2)C1. The van der Waals surface area contributed by atoms with E-state index < -0.39 is 0 Å². The van der Waals surface area contributed by atoms with Crippen molar-refractivity contribution in [2.75, 3.05) is 59.0 Å². The Labute approximate surface area is 146 Å². The summed E-state index contributed by atoms with van der Waals surface area (Å²) in [6.45, 7) is 13.1. The maximum Gasteiger partial charge on any atom is 0.239 e. The van der Waals surface area contributed by atoms with E-state index >= 15 is 0 Å². The molecule has 24 heavy (non-hydrogen) atoms. The summed E-state index contributed by atoms with van der Waals surface area (Å²) in [7, 11) is 0. The highest BCUT2D eigenvalue weighted by atomic mass is 16.5. The molecule has 0 spiro atoms. The molecular weight excluding hydrogens is 304 g/mol. The van der Waals surface area contributed by atoms with Crippen molar-refractivity contribution in [2.45, 2.75) is 51.3 Å². The van der Waals surface area contributed by atoms with Crippen molar-refractivity contribution in [3.63, 3.8) is 0 Å². The standard InChI is InChI=1S/C18H34N4O2/c1-15(2)22-11-12-24-16(14-22)13-20-7-9-21(10-8-20)18(23)17-5-3-4-6-19-17/h15-17,19H,3-14H2,1-2H3/t16?,17-/m1/s1. The lowest BCUT2D eigenvalue weighted by Crippen LogP contribution is -2.57. The number of ether oxygens (including phenoxy) is 1. The molecule has 0 aliphatic carbocycles. The molecule has 0 aromatic carbocycles. The molecule has 3 aliphatic heterocycles. The first kappa shape index (κ1) is 18.1. The predicted octanol–water partition coefficient (Wildman–Crippen LogP) is 0.382. The minimum atomic E-state index is 0.0616. The van der Waals surface area contributed by atoms with Crippen molar-refractivity contribution in [1.29, 1.82) is 0 Å². The van der Waals surface area contributed by atoms with Crippen LogP contribution in [0.4, 0.5) is 0 Å². The van der Waals surface area contributed by atoms with Crippen LogP contribution in [0.2, 0.25) is 0 Å². The minimum absolute atomic E-state index is 0.0616. The largest absolute Gasteiger partial charge is 0.374 e. The van der Waals surface area contributed by atoms with Crippen molar-refractivity contribution in [3.05, 3.63) is 0 Å². The normalized spacial score (nSPS) is 30.7. The van der Waals surface area contributed by atoms with Crippen LogP contribution in [0, 0.1) is 0 Å². The second kappa shape index (κ2) is 8.61. The fraction of sp³-hybridized carbons (Fsp3) is 0.944. The number of hydrogen-bond acceptors (Lipinski definition) is 5. The van der Waals surface area contributed by atoms with Gasteiger partial charge in [0.2, 0.25) is 5.91 Å². The van der Waals surface area contributed by atoms with Crippen molar-refractivity contribution >= 4 is 5.91 Å². The van der Waals surface area contributed by atoms with Gasteiger partial charge in [-0.1, -0.05) is 6.42 Å². The summed E-state index contributed by atoms with van der Waals surface area (Å²) in [4.78, 5) is 19.6. The van der Waals surface area contributed by atoms with E-state index in [4.69, 9.17) is 4.74 Å². The zero-order valence-corrected chi connectivity index (χ0v) is 15.4. The van der Waals surface area contributed by atoms with Crippen LogP contribution < -0.4 is 5.32 Å². The van der Waals surface area contributed by atoms with E-state index in [1.54, 1.807) is 0 Å². The third-order valence-electron chi connectivity index (χ3n) is 5.65. The van der Waals surface area contributed by atoms with Gasteiger partial charge >= 0.3 is 0 Å². The molecule has 6 heteroatoms. The number of carbonyl (C=O) groups is 1. The summed E-state index contributed by atoms with van der Waals surface area (Å²) < 4.78 is 5.96. The van der Waals surface area contributed by atoms with Crippen molar-refractivity contribution in [1.82, 2.24) is 20.0 Å². The second-order valence-electron chi connectivity index (χ2n) is 7.71. The van der Waals surface area contributed by atoms with E-state index in [-0.39, 0.29) is 6.04 Å². The van der Waals surface area contributed by atoms with E-state index in [2.05, 4.69) is 33.9 Å². The quantitative estimate of drug-likeness (QED) is 0.803. The molecule has 0 bridgehead atoms. The van der Waals surface area contributed by atoms with Crippen LogP contribution >= 0.6 is 0 Å². The number of amides is 1. The summed E-state index contributed by atoms with van der Waals surface area (Å²) in [5.74, 6) is 0.314. The molecule has 3 fully saturated rings. The minimum Gasteiger partial charge on any atom is -0.374 e. The highest BCUT2D eigenvalue weighted by Gasteiger charge is 2.30. The number of rotatable bonds is 4. The molecule has 3 rings (SSSR count). The number of carbonyl (C=O) groups excluding carboxylic acids is 1. The summed E-state index contributed by atoms with van der Waals surface area (Å²) in [5.41, 5.74) is 0. The lowest BCUT2D eigenvalue weighted by atomic mass is 10.0.